The molecule has 0 spiro atoms. The van der Waals surface area contributed by atoms with Crippen LogP contribution >= 0.6 is 0 Å². The third kappa shape index (κ3) is 2.74. The van der Waals surface area contributed by atoms with Crippen molar-refractivity contribution in [2.24, 2.45) is 11.8 Å². The molecule has 3 aliphatic heterocycles. The number of nitrogens with zero attached hydrogens (tertiary/aromatic N) is 3. The second-order valence-corrected chi connectivity index (χ2v) is 8.15. The van der Waals surface area contributed by atoms with Crippen LogP contribution in [0.25, 0.3) is 0 Å². The Kier molecular flexibility index (Phi) is 4.15. The zero-order valence-corrected chi connectivity index (χ0v) is 16.0. The molecule has 29 heavy (non-hydrogen) atoms. The molecule has 1 aromatic heterocycles. The quantitative estimate of drug-likeness (QED) is 0.611. The zero-order chi connectivity index (χ0) is 20.3. The molecule has 0 saturated carbocycles. The standard InChI is InChI=1S/C21H22N3O5/c1-29-21(26)16-9-12-8-15(24(27)28)5-6-18(12)23-10-13-7-14(20(16)23)11-22-17(13)3-2-4-19(22)25/h2-6,8,13-14,16,20,27H,7,9-11H2,1H3/q-1/t13-,14-,16-,20+/m1/s1. The van der Waals surface area contributed by atoms with Gasteiger partial charge in [-0.1, -0.05) is 6.07 Å². The molecule has 1 aromatic carbocycles. The fourth-order valence-corrected chi connectivity index (χ4v) is 5.58. The molecule has 4 heterocycles. The number of esters is 1. The molecular weight excluding hydrogens is 374 g/mol. The lowest BCUT2D eigenvalue weighted by atomic mass is 9.70. The summed E-state index contributed by atoms with van der Waals surface area (Å²) in [6, 6.07) is 10.4. The van der Waals surface area contributed by atoms with Crippen LogP contribution < -0.4 is 15.7 Å². The number of anilines is 2. The predicted molar refractivity (Wildman–Crippen MR) is 106 cm³/mol. The van der Waals surface area contributed by atoms with Crippen molar-refractivity contribution in [3.8, 4) is 0 Å². The topological polar surface area (TPSA) is 98.1 Å². The summed E-state index contributed by atoms with van der Waals surface area (Å²) in [5.74, 6) is -0.346. The number of pyridine rings is 1. The minimum absolute atomic E-state index is 0.000368. The van der Waals surface area contributed by atoms with Crippen molar-refractivity contribution in [3.05, 3.63) is 63.2 Å². The van der Waals surface area contributed by atoms with Gasteiger partial charge in [-0.05, 0) is 48.6 Å². The molecule has 8 heteroatoms. The number of benzene rings is 1. The number of ether oxygens (including phenoxy) is 1. The summed E-state index contributed by atoms with van der Waals surface area (Å²) in [5, 5.41) is 20.5. The molecule has 152 valence electrons. The number of carbonyl (C=O) groups is 1. The van der Waals surface area contributed by atoms with Crippen molar-refractivity contribution in [1.82, 2.24) is 4.57 Å². The van der Waals surface area contributed by atoms with E-state index >= 15 is 0 Å². The molecule has 0 amide bonds. The van der Waals surface area contributed by atoms with E-state index in [9.17, 15) is 20.0 Å². The average molecular weight is 396 g/mol. The highest BCUT2D eigenvalue weighted by Gasteiger charge is 2.49. The van der Waals surface area contributed by atoms with Gasteiger partial charge < -0.3 is 24.6 Å². The first-order chi connectivity index (χ1) is 14.0. The van der Waals surface area contributed by atoms with Crippen molar-refractivity contribution >= 4 is 17.3 Å². The maximum Gasteiger partial charge on any atom is 0.311 e. The first kappa shape index (κ1) is 18.2. The largest absolute Gasteiger partial charge is 0.733 e. The van der Waals surface area contributed by atoms with E-state index < -0.39 is 5.92 Å². The Balaban J connectivity index is 1.62. The maximum atomic E-state index is 12.7. The summed E-state index contributed by atoms with van der Waals surface area (Å²) in [6.45, 7) is 1.27. The van der Waals surface area contributed by atoms with Gasteiger partial charge in [-0.3, -0.25) is 14.8 Å². The highest BCUT2D eigenvalue weighted by atomic mass is 16.8. The molecule has 0 unspecified atom stereocenters. The predicted octanol–water partition coefficient (Wildman–Crippen LogP) is 1.88. The van der Waals surface area contributed by atoms with Gasteiger partial charge in [-0.15, -0.1) is 0 Å². The number of fused-ring (bicyclic) bond motifs is 8. The van der Waals surface area contributed by atoms with Gasteiger partial charge in [0, 0.05) is 42.5 Å². The number of carbonyl (C=O) groups excluding carboxylic acids is 1. The van der Waals surface area contributed by atoms with Crippen molar-refractivity contribution in [2.45, 2.75) is 31.3 Å². The summed E-state index contributed by atoms with van der Waals surface area (Å²) in [4.78, 5) is 27.4. The van der Waals surface area contributed by atoms with Gasteiger partial charge in [-0.2, -0.15) is 0 Å². The Morgan fingerprint density at radius 1 is 1.28 bits per heavy atom. The third-order valence-electron chi connectivity index (χ3n) is 6.72. The highest BCUT2D eigenvalue weighted by Crippen LogP contribution is 2.47. The number of methoxy groups -OCH3 is 1. The van der Waals surface area contributed by atoms with Crippen LogP contribution in [-0.2, 0) is 22.5 Å². The van der Waals surface area contributed by atoms with E-state index in [0.29, 0.717) is 19.5 Å². The molecule has 1 saturated heterocycles. The Labute approximate surface area is 167 Å². The Morgan fingerprint density at radius 3 is 2.86 bits per heavy atom. The second-order valence-electron chi connectivity index (χ2n) is 8.15. The van der Waals surface area contributed by atoms with Crippen LogP contribution in [0.1, 0.15) is 23.6 Å². The van der Waals surface area contributed by atoms with Gasteiger partial charge in [0.05, 0.1) is 18.7 Å². The molecular formula is C21H22N3O5-. The fraction of sp³-hybridized carbons (Fsp3) is 0.429. The summed E-state index contributed by atoms with van der Waals surface area (Å²) in [6.07, 6.45) is 1.36. The Bertz CT molecular complexity index is 1030. The molecule has 2 aromatic rings. The van der Waals surface area contributed by atoms with E-state index in [1.165, 1.54) is 7.11 Å². The molecule has 1 N–H and O–H groups in total. The lowest BCUT2D eigenvalue weighted by molar-refractivity contribution is -0.147. The molecule has 3 aliphatic rings. The van der Waals surface area contributed by atoms with Crippen LogP contribution in [-0.4, -0.2) is 35.4 Å². The number of aromatic nitrogens is 1. The van der Waals surface area contributed by atoms with Gasteiger partial charge in [0.15, 0.2) is 0 Å². The smallest absolute Gasteiger partial charge is 0.311 e. The van der Waals surface area contributed by atoms with E-state index in [0.717, 1.165) is 23.4 Å². The Hall–Kier alpha value is -2.84. The van der Waals surface area contributed by atoms with E-state index in [-0.39, 0.29) is 40.3 Å². The number of rotatable bonds is 2. The van der Waals surface area contributed by atoms with E-state index in [1.807, 2.05) is 16.7 Å². The monoisotopic (exact) mass is 396 g/mol. The fourth-order valence-electron chi connectivity index (χ4n) is 5.58. The molecule has 5 rings (SSSR count). The molecule has 8 nitrogen and oxygen atoms in total. The van der Waals surface area contributed by atoms with Crippen LogP contribution in [0, 0.1) is 17.0 Å². The van der Waals surface area contributed by atoms with Gasteiger partial charge in [0.25, 0.3) is 5.56 Å². The number of piperidine rings is 1. The normalized spacial score (nSPS) is 26.8. The van der Waals surface area contributed by atoms with Crippen molar-refractivity contribution in [3.63, 3.8) is 0 Å². The van der Waals surface area contributed by atoms with Gasteiger partial charge >= 0.3 is 5.97 Å². The highest BCUT2D eigenvalue weighted by molar-refractivity contribution is 5.78. The number of hydrogen-bond acceptors (Lipinski definition) is 7. The second kappa shape index (κ2) is 6.60. The molecule has 1 fully saturated rings. The van der Waals surface area contributed by atoms with Crippen LogP contribution in [0.4, 0.5) is 11.4 Å². The molecule has 2 bridgehead atoms. The Morgan fingerprint density at radius 2 is 2.10 bits per heavy atom. The first-order valence-electron chi connectivity index (χ1n) is 9.81. The van der Waals surface area contributed by atoms with Crippen molar-refractivity contribution < 1.29 is 14.7 Å². The molecule has 0 aliphatic carbocycles. The summed E-state index contributed by atoms with van der Waals surface area (Å²) in [7, 11) is 1.39. The zero-order valence-electron chi connectivity index (χ0n) is 16.0. The van der Waals surface area contributed by atoms with Gasteiger partial charge in [0.1, 0.15) is 0 Å². The van der Waals surface area contributed by atoms with Gasteiger partial charge in [0.2, 0.25) is 0 Å². The lowest BCUT2D eigenvalue weighted by Gasteiger charge is -2.54. The minimum Gasteiger partial charge on any atom is -0.733 e. The van der Waals surface area contributed by atoms with Gasteiger partial charge in [-0.25, -0.2) is 0 Å². The van der Waals surface area contributed by atoms with Crippen LogP contribution in [0.5, 0.6) is 0 Å². The van der Waals surface area contributed by atoms with Crippen molar-refractivity contribution in [2.75, 3.05) is 23.8 Å². The van der Waals surface area contributed by atoms with Crippen LogP contribution in [0.3, 0.4) is 0 Å². The maximum absolute atomic E-state index is 12.7. The first-order valence-corrected chi connectivity index (χ1v) is 9.81. The summed E-state index contributed by atoms with van der Waals surface area (Å²) >= 11 is 0. The van der Waals surface area contributed by atoms with Crippen LogP contribution in [0.15, 0.2) is 41.2 Å². The summed E-state index contributed by atoms with van der Waals surface area (Å²) in [5.41, 5.74) is 2.99. The van der Waals surface area contributed by atoms with Crippen molar-refractivity contribution in [1.29, 1.82) is 0 Å². The molecule has 0 radical (unpaired) electrons. The van der Waals surface area contributed by atoms with E-state index in [1.54, 1.807) is 24.3 Å². The number of hydrogen-bond donors (Lipinski definition) is 1. The van der Waals surface area contributed by atoms with E-state index in [2.05, 4.69) is 4.90 Å². The minimum atomic E-state index is -0.395. The SMILES string of the molecule is COC(=O)[C@@H]1Cc2cc(N([O-])O)ccc2N2C[C@H]3C[C@H](Cn4c3cccc4=O)[C@@H]12. The van der Waals surface area contributed by atoms with E-state index in [4.69, 9.17) is 4.74 Å². The summed E-state index contributed by atoms with van der Waals surface area (Å²) < 4.78 is 6.96. The molecule has 4 atom stereocenters. The van der Waals surface area contributed by atoms with Crippen LogP contribution in [0.2, 0.25) is 0 Å². The lowest BCUT2D eigenvalue weighted by Crippen LogP contribution is -2.60. The third-order valence-corrected chi connectivity index (χ3v) is 6.72. The average Bonchev–Trinajstić information content (AvgIpc) is 2.73.